The maximum absolute atomic E-state index is 13.2. The van der Waals surface area contributed by atoms with Crippen molar-refractivity contribution in [3.8, 4) is 0 Å². The number of carbonyl (C=O) groups excluding carboxylic acids is 2. The summed E-state index contributed by atoms with van der Waals surface area (Å²) in [5, 5.41) is 11.4. The van der Waals surface area contributed by atoms with Crippen LogP contribution in [0.3, 0.4) is 0 Å². The summed E-state index contributed by atoms with van der Waals surface area (Å²) in [6, 6.07) is 19.5. The molecule has 1 heterocycles. The van der Waals surface area contributed by atoms with E-state index in [2.05, 4.69) is 24.0 Å². The molecule has 3 atom stereocenters. The van der Waals surface area contributed by atoms with Crippen molar-refractivity contribution in [1.82, 2.24) is 4.90 Å². The van der Waals surface area contributed by atoms with E-state index >= 15 is 0 Å². The number of likely N-dealkylation sites (tertiary alicyclic amines) is 1. The number of esters is 1. The Labute approximate surface area is 267 Å². The third-order valence-corrected chi connectivity index (χ3v) is 9.09. The van der Waals surface area contributed by atoms with Gasteiger partial charge in [-0.15, -0.1) is 0 Å². The largest absolute Gasteiger partial charge is 0.469 e. The molecule has 0 bridgehead atoms. The van der Waals surface area contributed by atoms with Gasteiger partial charge < -0.3 is 14.7 Å². The number of hydrogen-bond acceptors (Lipinski definition) is 5. The van der Waals surface area contributed by atoms with Gasteiger partial charge in [0.15, 0.2) is 5.78 Å². The molecule has 0 saturated carbocycles. The first-order chi connectivity index (χ1) is 21.6. The Balaban J connectivity index is 1.49. The molecule has 2 aromatic rings. The summed E-state index contributed by atoms with van der Waals surface area (Å²) in [6.45, 7) is 2.85. The van der Waals surface area contributed by atoms with E-state index < -0.39 is 24.0 Å². The summed E-state index contributed by atoms with van der Waals surface area (Å²) in [5.41, 5.74) is 2.61. The van der Waals surface area contributed by atoms with Gasteiger partial charge in [-0.1, -0.05) is 157 Å². The molecule has 0 spiro atoms. The molecule has 2 aromatic carbocycles. The molecule has 0 amide bonds. The molecule has 1 fully saturated rings. The predicted octanol–water partition coefficient (Wildman–Crippen LogP) is 9.15. The van der Waals surface area contributed by atoms with Crippen LogP contribution < -0.4 is 0 Å². The van der Waals surface area contributed by atoms with Crippen molar-refractivity contribution < 1.29 is 19.4 Å². The van der Waals surface area contributed by atoms with Crippen LogP contribution in [0.15, 0.2) is 72.4 Å². The molecule has 44 heavy (non-hydrogen) atoms. The van der Waals surface area contributed by atoms with Gasteiger partial charge in [-0.3, -0.25) is 9.59 Å². The topological polar surface area (TPSA) is 66.8 Å². The monoisotopic (exact) mass is 603 g/mol. The smallest absolute Gasteiger partial charge is 0.314 e. The van der Waals surface area contributed by atoms with Crippen molar-refractivity contribution in [2.75, 3.05) is 13.7 Å². The van der Waals surface area contributed by atoms with E-state index in [1.54, 1.807) is 6.08 Å². The fourth-order valence-electron chi connectivity index (χ4n) is 6.55. The molecule has 1 aliphatic rings. The van der Waals surface area contributed by atoms with Gasteiger partial charge in [0.1, 0.15) is 12.0 Å². The number of rotatable bonds is 22. The van der Waals surface area contributed by atoms with Crippen LogP contribution in [-0.2, 0) is 20.7 Å². The molecule has 0 unspecified atom stereocenters. The number of nitrogens with zero attached hydrogens (tertiary/aromatic N) is 1. The highest BCUT2D eigenvalue weighted by Gasteiger charge is 2.49. The summed E-state index contributed by atoms with van der Waals surface area (Å²) >= 11 is 0. The van der Waals surface area contributed by atoms with E-state index in [1.807, 2.05) is 48.5 Å². The molecule has 1 aliphatic heterocycles. The summed E-state index contributed by atoms with van der Waals surface area (Å²) in [7, 11) is 1.36. The first-order valence-corrected chi connectivity index (χ1v) is 17.4. The first kappa shape index (κ1) is 35.6. The van der Waals surface area contributed by atoms with E-state index in [-0.39, 0.29) is 5.78 Å². The molecule has 242 valence electrons. The molecule has 0 aromatic heterocycles. The molecule has 5 nitrogen and oxygen atoms in total. The zero-order chi connectivity index (χ0) is 31.4. The number of carbonyl (C=O) groups is 2. The van der Waals surface area contributed by atoms with Gasteiger partial charge in [-0.05, 0) is 24.0 Å². The summed E-state index contributed by atoms with van der Waals surface area (Å²) in [4.78, 5) is 28.2. The lowest BCUT2D eigenvalue weighted by molar-refractivity contribution is -0.149. The quantitative estimate of drug-likeness (QED) is 0.0826. The zero-order valence-corrected chi connectivity index (χ0v) is 27.4. The van der Waals surface area contributed by atoms with Crippen molar-refractivity contribution in [3.05, 3.63) is 83.6 Å². The number of methoxy groups -OCH3 is 1. The summed E-state index contributed by atoms with van der Waals surface area (Å²) in [5.74, 6) is -1.26. The molecule has 0 aliphatic carbocycles. The van der Waals surface area contributed by atoms with Gasteiger partial charge in [-0.25, -0.2) is 0 Å². The SMILES string of the molecule is CCCCCCCCCCCCCCCCCC(=O)/C=C1\[C@H](O)[C@@H](C(=O)OC)[C@H](c2ccccc2)N1CCc1ccccc1. The fraction of sp³-hybridized carbons (Fsp3) is 0.590. The fourth-order valence-corrected chi connectivity index (χ4v) is 6.55. The van der Waals surface area contributed by atoms with E-state index in [1.165, 1.54) is 89.7 Å². The van der Waals surface area contributed by atoms with Gasteiger partial charge in [0.2, 0.25) is 0 Å². The van der Waals surface area contributed by atoms with Crippen LogP contribution in [0.4, 0.5) is 0 Å². The van der Waals surface area contributed by atoms with E-state index in [0.717, 1.165) is 31.2 Å². The van der Waals surface area contributed by atoms with Crippen molar-refractivity contribution in [1.29, 1.82) is 0 Å². The number of hydrogen-bond donors (Lipinski definition) is 1. The normalized spacial score (nSPS) is 19.0. The average molecular weight is 604 g/mol. The lowest BCUT2D eigenvalue weighted by atomic mass is 9.91. The van der Waals surface area contributed by atoms with Crippen LogP contribution in [0.1, 0.15) is 127 Å². The summed E-state index contributed by atoms with van der Waals surface area (Å²) < 4.78 is 5.14. The summed E-state index contributed by atoms with van der Waals surface area (Å²) in [6.07, 6.45) is 21.0. The first-order valence-electron chi connectivity index (χ1n) is 17.4. The lowest BCUT2D eigenvalue weighted by Gasteiger charge is -2.30. The third-order valence-electron chi connectivity index (χ3n) is 9.09. The molecule has 0 radical (unpaired) electrons. The Morgan fingerprint density at radius 1 is 0.750 bits per heavy atom. The molecular formula is C39H57NO4. The Hall–Kier alpha value is -2.92. The number of ether oxygens (including phenoxy) is 1. The standard InChI is InChI=1S/C39H57NO4/c1-3-4-5-6-7-8-9-10-11-12-13-14-15-16-23-28-34(41)31-35-38(42)36(39(43)44-2)37(33-26-21-18-22-27-33)40(35)30-29-32-24-19-17-20-25-32/h17-22,24-27,31,36-38,42H,3-16,23,28-30H2,1-2H3/b35-31+/t36-,37-,38-/m0/s1. The number of unbranched alkanes of at least 4 members (excludes halogenated alkanes) is 14. The van der Waals surface area contributed by atoms with E-state index in [0.29, 0.717) is 18.7 Å². The molecule has 5 heteroatoms. The van der Waals surface area contributed by atoms with Crippen molar-refractivity contribution in [3.63, 3.8) is 0 Å². The number of ketones is 1. The van der Waals surface area contributed by atoms with Crippen LogP contribution in [0.25, 0.3) is 0 Å². The third kappa shape index (κ3) is 11.9. The van der Waals surface area contributed by atoms with E-state index in [4.69, 9.17) is 4.74 Å². The average Bonchev–Trinajstić information content (AvgIpc) is 3.32. The number of allylic oxidation sites excluding steroid dienone is 1. The highest BCUT2D eigenvalue weighted by molar-refractivity contribution is 5.90. The molecule has 3 rings (SSSR count). The number of aliphatic hydroxyl groups is 1. The maximum atomic E-state index is 13.2. The second-order valence-electron chi connectivity index (χ2n) is 12.5. The Morgan fingerprint density at radius 2 is 1.25 bits per heavy atom. The molecule has 1 saturated heterocycles. The highest BCUT2D eigenvalue weighted by Crippen LogP contribution is 2.44. The van der Waals surface area contributed by atoms with E-state index in [9.17, 15) is 14.7 Å². The van der Waals surface area contributed by atoms with Crippen LogP contribution >= 0.6 is 0 Å². The van der Waals surface area contributed by atoms with Crippen LogP contribution in [0.2, 0.25) is 0 Å². The lowest BCUT2D eigenvalue weighted by Crippen LogP contribution is -2.31. The number of aliphatic hydroxyl groups excluding tert-OH is 1. The Bertz CT molecular complexity index is 1100. The minimum Gasteiger partial charge on any atom is -0.469 e. The number of benzene rings is 2. The minimum absolute atomic E-state index is 0.00998. The van der Waals surface area contributed by atoms with Gasteiger partial charge in [0.25, 0.3) is 0 Å². The second kappa shape index (κ2) is 20.9. The van der Waals surface area contributed by atoms with Crippen molar-refractivity contribution in [2.45, 2.75) is 128 Å². The van der Waals surface area contributed by atoms with Gasteiger partial charge >= 0.3 is 5.97 Å². The zero-order valence-electron chi connectivity index (χ0n) is 27.4. The van der Waals surface area contributed by atoms with Crippen LogP contribution in [-0.4, -0.2) is 41.5 Å². The van der Waals surface area contributed by atoms with Crippen LogP contribution in [0, 0.1) is 5.92 Å². The van der Waals surface area contributed by atoms with Crippen molar-refractivity contribution in [2.24, 2.45) is 5.92 Å². The predicted molar refractivity (Wildman–Crippen MR) is 180 cm³/mol. The van der Waals surface area contributed by atoms with Gasteiger partial charge in [0.05, 0.1) is 13.2 Å². The van der Waals surface area contributed by atoms with Gasteiger partial charge in [0, 0.05) is 24.7 Å². The van der Waals surface area contributed by atoms with Crippen molar-refractivity contribution >= 4 is 11.8 Å². The Kier molecular flexibility index (Phi) is 16.9. The second-order valence-corrected chi connectivity index (χ2v) is 12.5. The molecule has 1 N–H and O–H groups in total. The highest BCUT2D eigenvalue weighted by atomic mass is 16.5. The maximum Gasteiger partial charge on any atom is 0.314 e. The molecular weight excluding hydrogens is 546 g/mol. The minimum atomic E-state index is -1.10. The Morgan fingerprint density at radius 3 is 1.77 bits per heavy atom. The van der Waals surface area contributed by atoms with Crippen LogP contribution in [0.5, 0.6) is 0 Å². The van der Waals surface area contributed by atoms with Gasteiger partial charge in [-0.2, -0.15) is 0 Å².